The predicted molar refractivity (Wildman–Crippen MR) is 159 cm³/mol. The van der Waals surface area contributed by atoms with Gasteiger partial charge in [-0.1, -0.05) is 12.1 Å². The minimum absolute atomic E-state index is 0.169. The molecule has 0 radical (unpaired) electrons. The Bertz CT molecular complexity index is 1330. The Morgan fingerprint density at radius 2 is 1.51 bits per heavy atom. The third kappa shape index (κ3) is 6.27. The average molecular weight is 559 g/mol. The Morgan fingerprint density at radius 1 is 0.878 bits per heavy atom. The Kier molecular flexibility index (Phi) is 8.00. The first-order chi connectivity index (χ1) is 19.9. The highest BCUT2D eigenvalue weighted by Crippen LogP contribution is 2.34. The first-order valence-corrected chi connectivity index (χ1v) is 14.3. The van der Waals surface area contributed by atoms with Gasteiger partial charge in [0.1, 0.15) is 0 Å². The third-order valence-corrected chi connectivity index (χ3v) is 7.82. The monoisotopic (exact) mass is 558 g/mol. The van der Waals surface area contributed by atoms with Crippen molar-refractivity contribution in [1.29, 1.82) is 0 Å². The number of aromatic nitrogens is 3. The number of urea groups is 1. The fourth-order valence-corrected chi connectivity index (χ4v) is 5.76. The molecule has 11 heteroatoms. The zero-order valence-corrected chi connectivity index (χ0v) is 23.9. The highest BCUT2D eigenvalue weighted by molar-refractivity contribution is 5.99. The smallest absolute Gasteiger partial charge is 0.323 e. The maximum absolute atomic E-state index is 12.6. The summed E-state index contributed by atoms with van der Waals surface area (Å²) in [5.41, 5.74) is 3.46. The molecular weight excluding hydrogens is 520 g/mol. The van der Waals surface area contributed by atoms with Crippen LogP contribution in [0.4, 0.5) is 28.1 Å². The fraction of sp³-hybridized carbons (Fsp3) is 0.467. The Balaban J connectivity index is 1.20. The third-order valence-electron chi connectivity index (χ3n) is 7.82. The molecule has 3 aliphatic rings. The van der Waals surface area contributed by atoms with Gasteiger partial charge in [-0.05, 0) is 75.8 Å². The van der Waals surface area contributed by atoms with Gasteiger partial charge in [0.05, 0.1) is 44.6 Å². The number of amides is 2. The normalized spacial score (nSPS) is 22.2. The van der Waals surface area contributed by atoms with E-state index in [0.29, 0.717) is 49.8 Å². The van der Waals surface area contributed by atoms with Gasteiger partial charge in [0.2, 0.25) is 11.9 Å². The van der Waals surface area contributed by atoms with Crippen LogP contribution in [0.2, 0.25) is 0 Å². The second-order valence-electron chi connectivity index (χ2n) is 11.3. The first-order valence-electron chi connectivity index (χ1n) is 14.3. The molecule has 3 aliphatic heterocycles. The van der Waals surface area contributed by atoms with Crippen molar-refractivity contribution in [2.45, 2.75) is 44.4 Å². The van der Waals surface area contributed by atoms with Gasteiger partial charge in [-0.3, -0.25) is 0 Å². The number of benzene rings is 2. The van der Waals surface area contributed by atoms with Crippen LogP contribution in [-0.4, -0.2) is 91.1 Å². The number of rotatable bonds is 7. The van der Waals surface area contributed by atoms with E-state index < -0.39 is 0 Å². The molecule has 3 atom stereocenters. The van der Waals surface area contributed by atoms with Gasteiger partial charge < -0.3 is 34.8 Å². The van der Waals surface area contributed by atoms with Crippen molar-refractivity contribution in [3.63, 3.8) is 0 Å². The summed E-state index contributed by atoms with van der Waals surface area (Å²) >= 11 is 0. The lowest BCUT2D eigenvalue weighted by molar-refractivity contribution is 0.0895. The molecule has 11 nitrogen and oxygen atoms in total. The van der Waals surface area contributed by atoms with Crippen LogP contribution in [0.1, 0.15) is 25.3 Å². The van der Waals surface area contributed by atoms with Gasteiger partial charge in [0.15, 0.2) is 5.82 Å². The number of morpholine rings is 2. The molecule has 4 heterocycles. The topological polar surface area (TPSA) is 108 Å². The average Bonchev–Trinajstić information content (AvgIpc) is 3.22. The molecule has 3 saturated heterocycles. The van der Waals surface area contributed by atoms with Crippen molar-refractivity contribution in [2.75, 3.05) is 67.5 Å². The van der Waals surface area contributed by atoms with Gasteiger partial charge >= 0.3 is 6.03 Å². The van der Waals surface area contributed by atoms with Crippen LogP contribution in [0.15, 0.2) is 48.5 Å². The zero-order valence-electron chi connectivity index (χ0n) is 23.9. The van der Waals surface area contributed by atoms with E-state index in [9.17, 15) is 4.79 Å². The number of ether oxygens (including phenoxy) is 2. The van der Waals surface area contributed by atoms with Crippen LogP contribution in [0.25, 0.3) is 11.4 Å². The highest BCUT2D eigenvalue weighted by atomic mass is 16.5. The summed E-state index contributed by atoms with van der Waals surface area (Å²) in [6.07, 6.45) is 2.16. The Morgan fingerprint density at radius 3 is 2.15 bits per heavy atom. The van der Waals surface area contributed by atoms with E-state index in [0.717, 1.165) is 37.2 Å². The van der Waals surface area contributed by atoms with Gasteiger partial charge in [-0.2, -0.15) is 15.0 Å². The number of carbonyl (C=O) groups excluding carboxylic acids is 1. The summed E-state index contributed by atoms with van der Waals surface area (Å²) in [6, 6.07) is 15.9. The van der Waals surface area contributed by atoms with Crippen LogP contribution in [0, 0.1) is 0 Å². The SMILES string of the molecule is C[C@@H]1COCCN1c1nc(-c2ccc(NC(=O)Nc3ccc(CN(C)C)cc3)cc2)nc(N2C3CCC2COC3)n1. The molecule has 2 N–H and O–H groups in total. The van der Waals surface area contributed by atoms with Crippen LogP contribution in [0.3, 0.4) is 0 Å². The molecule has 1 aromatic heterocycles. The van der Waals surface area contributed by atoms with Gasteiger partial charge in [0, 0.05) is 30.0 Å². The van der Waals surface area contributed by atoms with Crippen LogP contribution in [-0.2, 0) is 16.0 Å². The minimum atomic E-state index is -0.299. The number of nitrogens with one attached hydrogen (secondary N) is 2. The number of hydrogen-bond donors (Lipinski definition) is 2. The lowest BCUT2D eigenvalue weighted by Crippen LogP contribution is -2.48. The number of carbonyl (C=O) groups is 1. The lowest BCUT2D eigenvalue weighted by Gasteiger charge is -2.36. The van der Waals surface area contributed by atoms with E-state index in [4.69, 9.17) is 24.4 Å². The van der Waals surface area contributed by atoms with Crippen molar-refractivity contribution < 1.29 is 14.3 Å². The van der Waals surface area contributed by atoms with Crippen molar-refractivity contribution >= 4 is 29.3 Å². The summed E-state index contributed by atoms with van der Waals surface area (Å²) in [4.78, 5) is 34.1. The Hall–Kier alpha value is -3.80. The number of fused-ring (bicyclic) bond motifs is 2. The van der Waals surface area contributed by atoms with E-state index in [-0.39, 0.29) is 24.2 Å². The molecule has 2 unspecified atom stereocenters. The van der Waals surface area contributed by atoms with Gasteiger partial charge in [0.25, 0.3) is 0 Å². The van der Waals surface area contributed by atoms with E-state index in [1.165, 1.54) is 5.56 Å². The van der Waals surface area contributed by atoms with Crippen molar-refractivity contribution in [3.8, 4) is 11.4 Å². The molecule has 2 amide bonds. The van der Waals surface area contributed by atoms with E-state index in [2.05, 4.69) is 32.3 Å². The predicted octanol–water partition coefficient (Wildman–Crippen LogP) is 3.84. The van der Waals surface area contributed by atoms with Crippen LogP contribution in [0.5, 0.6) is 0 Å². The van der Waals surface area contributed by atoms with Crippen LogP contribution < -0.4 is 20.4 Å². The van der Waals surface area contributed by atoms with Crippen molar-refractivity contribution in [1.82, 2.24) is 19.9 Å². The molecule has 6 rings (SSSR count). The van der Waals surface area contributed by atoms with Gasteiger partial charge in [-0.15, -0.1) is 0 Å². The summed E-state index contributed by atoms with van der Waals surface area (Å²) < 4.78 is 11.5. The summed E-state index contributed by atoms with van der Waals surface area (Å²) in [7, 11) is 4.06. The fourth-order valence-electron chi connectivity index (χ4n) is 5.76. The molecule has 2 aromatic carbocycles. The van der Waals surface area contributed by atoms with E-state index in [1.807, 2.05) is 62.6 Å². The second-order valence-corrected chi connectivity index (χ2v) is 11.3. The second kappa shape index (κ2) is 12.0. The quantitative estimate of drug-likeness (QED) is 0.447. The molecule has 0 aliphatic carbocycles. The maximum atomic E-state index is 12.6. The highest BCUT2D eigenvalue weighted by Gasteiger charge is 2.39. The summed E-state index contributed by atoms with van der Waals surface area (Å²) in [5, 5.41) is 5.81. The molecule has 3 aromatic rings. The Labute approximate surface area is 240 Å². The standard InChI is InChI=1S/C30H38N8O3/c1-20-17-40-15-14-37(20)28-33-27(34-29(35-28)38-25-12-13-26(38)19-41-18-25)22-6-10-24(11-7-22)32-30(39)31-23-8-4-21(5-9-23)16-36(2)3/h4-11,20,25-26H,12-19H2,1-3H3,(H2,31,32,39)/t20-,25?,26?/m1/s1. The number of nitrogens with zero attached hydrogens (tertiary/aromatic N) is 6. The lowest BCUT2D eigenvalue weighted by atomic mass is 10.2. The van der Waals surface area contributed by atoms with Crippen molar-refractivity contribution in [2.24, 2.45) is 0 Å². The zero-order chi connectivity index (χ0) is 28.3. The molecule has 0 saturated carbocycles. The molecular formula is C30H38N8O3. The number of anilines is 4. The van der Waals surface area contributed by atoms with Gasteiger partial charge in [-0.25, -0.2) is 4.79 Å². The largest absolute Gasteiger partial charge is 0.377 e. The van der Waals surface area contributed by atoms with E-state index in [1.54, 1.807) is 0 Å². The minimum Gasteiger partial charge on any atom is -0.377 e. The molecule has 0 spiro atoms. The molecule has 2 bridgehead atoms. The molecule has 41 heavy (non-hydrogen) atoms. The van der Waals surface area contributed by atoms with Crippen molar-refractivity contribution in [3.05, 3.63) is 54.1 Å². The first kappa shape index (κ1) is 27.4. The summed E-state index contributed by atoms with van der Waals surface area (Å²) in [5.74, 6) is 1.99. The molecule has 216 valence electrons. The van der Waals surface area contributed by atoms with Crippen LogP contribution >= 0.6 is 0 Å². The molecule has 3 fully saturated rings. The van der Waals surface area contributed by atoms with E-state index >= 15 is 0 Å². The number of hydrogen-bond acceptors (Lipinski definition) is 9. The maximum Gasteiger partial charge on any atom is 0.323 e. The summed E-state index contributed by atoms with van der Waals surface area (Å²) in [6.45, 7) is 6.39.